The Bertz CT molecular complexity index is 1150. The highest BCUT2D eigenvalue weighted by atomic mass is 35.5. The fourth-order valence-corrected chi connectivity index (χ4v) is 4.60. The predicted octanol–water partition coefficient (Wildman–Crippen LogP) is 2.50. The van der Waals surface area contributed by atoms with Crippen molar-refractivity contribution in [3.63, 3.8) is 0 Å². The van der Waals surface area contributed by atoms with Crippen LogP contribution in [0.15, 0.2) is 46.2 Å². The maximum absolute atomic E-state index is 12.8. The van der Waals surface area contributed by atoms with Crippen LogP contribution in [-0.4, -0.2) is 65.2 Å². The molecule has 0 unspecified atom stereocenters. The van der Waals surface area contributed by atoms with Gasteiger partial charge in [0.2, 0.25) is 0 Å². The second kappa shape index (κ2) is 9.13. The zero-order chi connectivity index (χ0) is 23.7. The van der Waals surface area contributed by atoms with Crippen molar-refractivity contribution in [2.24, 2.45) is 0 Å². The molecule has 1 N–H and O–H groups in total. The normalized spacial score (nSPS) is 15.6. The Balaban J connectivity index is 1.71. The molecular weight excluding hydrogens is 458 g/mol. The lowest BCUT2D eigenvalue weighted by Crippen LogP contribution is -2.49. The summed E-state index contributed by atoms with van der Waals surface area (Å²) in [4.78, 5) is 28.3. The van der Waals surface area contributed by atoms with Gasteiger partial charge < -0.3 is 14.7 Å². The van der Waals surface area contributed by atoms with E-state index in [4.69, 9.17) is 16.3 Å². The summed E-state index contributed by atoms with van der Waals surface area (Å²) in [6.07, 6.45) is 0.758. The molecule has 0 atom stereocenters. The maximum atomic E-state index is 12.8. The molecule has 3 rings (SSSR count). The summed E-state index contributed by atoms with van der Waals surface area (Å²) in [6, 6.07) is 6.80. The molecule has 2 aromatic rings. The van der Waals surface area contributed by atoms with Crippen LogP contribution in [0.5, 0.6) is 5.75 Å². The summed E-state index contributed by atoms with van der Waals surface area (Å²) in [5, 5.41) is 10.8. The molecule has 0 saturated carbocycles. The van der Waals surface area contributed by atoms with E-state index in [-0.39, 0.29) is 17.5 Å². The van der Waals surface area contributed by atoms with E-state index in [0.29, 0.717) is 40.7 Å². The molecule has 1 aromatic carbocycles. The van der Waals surface area contributed by atoms with Crippen LogP contribution in [0.1, 0.15) is 26.3 Å². The van der Waals surface area contributed by atoms with E-state index in [9.17, 15) is 23.1 Å². The van der Waals surface area contributed by atoms with Crippen LogP contribution in [0, 0.1) is 0 Å². The third-order valence-corrected chi connectivity index (χ3v) is 6.83. The maximum Gasteiger partial charge on any atom is 0.410 e. The first-order chi connectivity index (χ1) is 14.9. The first kappa shape index (κ1) is 24.1. The van der Waals surface area contributed by atoms with Crippen molar-refractivity contribution in [3.05, 3.63) is 57.5 Å². The molecule has 0 spiro atoms. The molecule has 0 aliphatic carbocycles. The van der Waals surface area contributed by atoms with Crippen molar-refractivity contribution < 1.29 is 23.1 Å². The number of benzene rings is 1. The second-order valence-corrected chi connectivity index (χ2v) is 10.7. The minimum absolute atomic E-state index is 0.116. The lowest BCUT2D eigenvalue weighted by atomic mass is 10.2. The number of carbonyl (C=O) groups excluding carboxylic acids is 1. The first-order valence-corrected chi connectivity index (χ1v) is 11.9. The molecule has 1 aliphatic heterocycles. The van der Waals surface area contributed by atoms with Gasteiger partial charge in [-0.1, -0.05) is 11.6 Å². The SMILES string of the molecule is CC(C)(C)OC(=O)N1CCN(Cc2ccn(S(=O)(=O)c3ccc(Cl)cc3)c(=O)c2O)CC1. The molecule has 0 radical (unpaired) electrons. The number of aromatic nitrogens is 1. The van der Waals surface area contributed by atoms with E-state index in [2.05, 4.69) is 0 Å². The monoisotopic (exact) mass is 483 g/mol. The Kier molecular flexibility index (Phi) is 6.87. The zero-order valence-corrected chi connectivity index (χ0v) is 19.7. The van der Waals surface area contributed by atoms with Crippen molar-refractivity contribution in [1.82, 2.24) is 13.8 Å². The third kappa shape index (κ3) is 5.43. The van der Waals surface area contributed by atoms with Crippen LogP contribution in [0.2, 0.25) is 5.02 Å². The van der Waals surface area contributed by atoms with Gasteiger partial charge in [0.05, 0.1) is 4.90 Å². The van der Waals surface area contributed by atoms with E-state index in [0.717, 1.165) is 6.20 Å². The van der Waals surface area contributed by atoms with Crippen LogP contribution in [-0.2, 0) is 21.3 Å². The molecule has 32 heavy (non-hydrogen) atoms. The Hall–Kier alpha value is -2.56. The lowest BCUT2D eigenvalue weighted by Gasteiger charge is -2.35. The van der Waals surface area contributed by atoms with Gasteiger partial charge in [-0.2, -0.15) is 0 Å². The molecule has 0 bridgehead atoms. The Morgan fingerprint density at radius 2 is 1.69 bits per heavy atom. The van der Waals surface area contributed by atoms with Crippen LogP contribution in [0.4, 0.5) is 4.79 Å². The number of ether oxygens (including phenoxy) is 1. The van der Waals surface area contributed by atoms with Gasteiger partial charge in [0.25, 0.3) is 10.0 Å². The van der Waals surface area contributed by atoms with E-state index >= 15 is 0 Å². The standard InChI is InChI=1S/C21H26ClN3O6S/c1-21(2,3)31-20(28)24-12-10-23(11-13-24)14-15-8-9-25(19(27)18(15)26)32(29,30)17-6-4-16(22)5-7-17/h4-9,26H,10-14H2,1-3H3. The quantitative estimate of drug-likeness (QED) is 0.711. The summed E-state index contributed by atoms with van der Waals surface area (Å²) in [7, 11) is -4.18. The highest BCUT2D eigenvalue weighted by Gasteiger charge is 2.27. The number of hydrogen-bond donors (Lipinski definition) is 1. The minimum Gasteiger partial charge on any atom is -0.503 e. The van der Waals surface area contributed by atoms with Crippen molar-refractivity contribution in [2.75, 3.05) is 26.2 Å². The number of nitrogens with zero attached hydrogens (tertiary/aromatic N) is 3. The first-order valence-electron chi connectivity index (χ1n) is 10.0. The smallest absolute Gasteiger partial charge is 0.410 e. The lowest BCUT2D eigenvalue weighted by molar-refractivity contribution is 0.0138. The molecular formula is C21H26ClN3O6S. The average Bonchev–Trinajstić information content (AvgIpc) is 2.71. The van der Waals surface area contributed by atoms with Gasteiger partial charge in [0.1, 0.15) is 5.60 Å². The highest BCUT2D eigenvalue weighted by Crippen LogP contribution is 2.20. The van der Waals surface area contributed by atoms with Crippen LogP contribution < -0.4 is 5.56 Å². The van der Waals surface area contributed by atoms with Crippen molar-refractivity contribution >= 4 is 27.7 Å². The Morgan fingerprint density at radius 1 is 1.09 bits per heavy atom. The molecule has 1 amide bonds. The summed E-state index contributed by atoms with van der Waals surface area (Å²) >= 11 is 5.80. The molecule has 1 fully saturated rings. The van der Waals surface area contributed by atoms with Gasteiger partial charge in [-0.3, -0.25) is 9.69 Å². The van der Waals surface area contributed by atoms with Crippen LogP contribution >= 0.6 is 11.6 Å². The molecule has 11 heteroatoms. The zero-order valence-electron chi connectivity index (χ0n) is 18.1. The van der Waals surface area contributed by atoms with Gasteiger partial charge in [-0.15, -0.1) is 0 Å². The number of amides is 1. The average molecular weight is 484 g/mol. The molecule has 9 nitrogen and oxygen atoms in total. The third-order valence-electron chi connectivity index (χ3n) is 4.91. The number of aromatic hydroxyl groups is 1. The molecule has 174 valence electrons. The number of piperazine rings is 1. The fourth-order valence-electron chi connectivity index (χ4n) is 3.24. The summed E-state index contributed by atoms with van der Waals surface area (Å²) in [5.74, 6) is -0.625. The van der Waals surface area contributed by atoms with E-state index < -0.39 is 26.9 Å². The Labute approximate surface area is 191 Å². The number of pyridine rings is 1. The highest BCUT2D eigenvalue weighted by molar-refractivity contribution is 7.90. The van der Waals surface area contributed by atoms with E-state index in [1.54, 1.807) is 25.7 Å². The summed E-state index contributed by atoms with van der Waals surface area (Å²) in [6.45, 7) is 7.58. The number of halogens is 1. The van der Waals surface area contributed by atoms with Crippen molar-refractivity contribution in [3.8, 4) is 5.75 Å². The van der Waals surface area contributed by atoms with Gasteiger partial charge >= 0.3 is 11.7 Å². The van der Waals surface area contributed by atoms with E-state index in [1.807, 2.05) is 4.90 Å². The van der Waals surface area contributed by atoms with Gasteiger partial charge in [0, 0.05) is 49.5 Å². The number of rotatable bonds is 4. The van der Waals surface area contributed by atoms with Gasteiger partial charge in [0.15, 0.2) is 5.75 Å². The minimum atomic E-state index is -4.18. The molecule has 1 aromatic heterocycles. The fraction of sp³-hybridized carbons (Fsp3) is 0.429. The second-order valence-electron chi connectivity index (χ2n) is 8.49. The molecule has 1 aliphatic rings. The topological polar surface area (TPSA) is 109 Å². The van der Waals surface area contributed by atoms with E-state index in [1.165, 1.54) is 30.3 Å². The number of carbonyl (C=O) groups is 1. The van der Waals surface area contributed by atoms with Gasteiger partial charge in [-0.05, 0) is 51.1 Å². The van der Waals surface area contributed by atoms with Gasteiger partial charge in [-0.25, -0.2) is 17.2 Å². The number of hydrogen-bond acceptors (Lipinski definition) is 7. The summed E-state index contributed by atoms with van der Waals surface area (Å²) in [5.41, 5.74) is -1.29. The predicted molar refractivity (Wildman–Crippen MR) is 119 cm³/mol. The van der Waals surface area contributed by atoms with Crippen LogP contribution in [0.25, 0.3) is 0 Å². The largest absolute Gasteiger partial charge is 0.503 e. The molecule has 2 heterocycles. The molecule has 1 saturated heterocycles. The van der Waals surface area contributed by atoms with Crippen molar-refractivity contribution in [2.45, 2.75) is 37.8 Å². The summed E-state index contributed by atoms with van der Waals surface area (Å²) < 4.78 is 31.4. The Morgan fingerprint density at radius 3 is 2.25 bits per heavy atom. The van der Waals surface area contributed by atoms with Crippen molar-refractivity contribution in [1.29, 1.82) is 0 Å². The van der Waals surface area contributed by atoms with Crippen LogP contribution in [0.3, 0.4) is 0 Å².